The Hall–Kier alpha value is -0.380. The molecule has 1 unspecified atom stereocenters. The molecule has 1 aliphatic carbocycles. The van der Waals surface area contributed by atoms with Crippen molar-refractivity contribution in [3.05, 3.63) is 34.3 Å². The van der Waals surface area contributed by atoms with E-state index in [0.717, 1.165) is 10.4 Å². The minimum atomic E-state index is 0.341. The van der Waals surface area contributed by atoms with E-state index in [-0.39, 0.29) is 0 Å². The molecule has 1 saturated carbocycles. The number of hydrogen-bond donors (Lipinski definition) is 1. The fourth-order valence-electron chi connectivity index (χ4n) is 2.49. The van der Waals surface area contributed by atoms with E-state index in [1.807, 2.05) is 0 Å². The number of nitrogens with two attached hydrogens (primary N) is 1. The molecular formula is C14H21BrN2. The highest BCUT2D eigenvalue weighted by Crippen LogP contribution is 2.30. The highest BCUT2D eigenvalue weighted by atomic mass is 79.9. The van der Waals surface area contributed by atoms with E-state index in [1.54, 1.807) is 0 Å². The quantitative estimate of drug-likeness (QED) is 0.904. The van der Waals surface area contributed by atoms with Crippen LogP contribution >= 0.6 is 15.9 Å². The van der Waals surface area contributed by atoms with E-state index in [2.05, 4.69) is 52.1 Å². The van der Waals surface area contributed by atoms with E-state index >= 15 is 0 Å². The van der Waals surface area contributed by atoms with Crippen LogP contribution in [0.1, 0.15) is 30.9 Å². The first-order valence-corrected chi connectivity index (χ1v) is 7.15. The average Bonchev–Trinajstić information content (AvgIpc) is 2.25. The van der Waals surface area contributed by atoms with Gasteiger partial charge < -0.3 is 5.73 Å². The standard InChI is InChI=1S/C14H21BrN2/c1-17(10-11-4-2-5-11)14(9-16)12-6-3-7-13(15)8-12/h3,6-8,11,14H,2,4-5,9-10,16H2,1H3. The maximum Gasteiger partial charge on any atom is 0.0467 e. The number of rotatable bonds is 5. The first-order valence-electron chi connectivity index (χ1n) is 6.36. The SMILES string of the molecule is CN(CC1CCC1)C(CN)c1cccc(Br)c1. The first-order chi connectivity index (χ1) is 8.20. The van der Waals surface area contributed by atoms with Crippen molar-refractivity contribution in [3.63, 3.8) is 0 Å². The third kappa shape index (κ3) is 3.30. The zero-order valence-corrected chi connectivity index (χ0v) is 12.0. The molecular weight excluding hydrogens is 276 g/mol. The molecule has 2 N–H and O–H groups in total. The molecule has 1 aliphatic rings. The van der Waals surface area contributed by atoms with Crippen molar-refractivity contribution in [1.29, 1.82) is 0 Å². The predicted octanol–water partition coefficient (Wildman–Crippen LogP) is 3.18. The Balaban J connectivity index is 2.03. The third-order valence-corrected chi connectivity index (χ3v) is 4.25. The zero-order chi connectivity index (χ0) is 12.3. The lowest BCUT2D eigenvalue weighted by molar-refractivity contribution is 0.165. The molecule has 2 nitrogen and oxygen atoms in total. The maximum absolute atomic E-state index is 5.93. The van der Waals surface area contributed by atoms with Crippen LogP contribution in [0.2, 0.25) is 0 Å². The predicted molar refractivity (Wildman–Crippen MR) is 75.9 cm³/mol. The number of nitrogens with zero attached hydrogens (tertiary/aromatic N) is 1. The van der Waals surface area contributed by atoms with Crippen LogP contribution in [0, 0.1) is 5.92 Å². The number of halogens is 1. The fraction of sp³-hybridized carbons (Fsp3) is 0.571. The van der Waals surface area contributed by atoms with Crippen molar-refractivity contribution >= 4 is 15.9 Å². The van der Waals surface area contributed by atoms with Crippen LogP contribution in [0.5, 0.6) is 0 Å². The molecule has 1 aromatic rings. The van der Waals surface area contributed by atoms with Gasteiger partial charge in [0.1, 0.15) is 0 Å². The molecule has 0 heterocycles. The summed E-state index contributed by atoms with van der Waals surface area (Å²) in [6.07, 6.45) is 4.18. The Labute approximate surface area is 112 Å². The van der Waals surface area contributed by atoms with Crippen molar-refractivity contribution in [2.24, 2.45) is 11.7 Å². The zero-order valence-electron chi connectivity index (χ0n) is 10.4. The van der Waals surface area contributed by atoms with E-state index in [4.69, 9.17) is 5.73 Å². The monoisotopic (exact) mass is 296 g/mol. The van der Waals surface area contributed by atoms with Crippen molar-refractivity contribution < 1.29 is 0 Å². The number of likely N-dealkylation sites (N-methyl/N-ethyl adjacent to an activating group) is 1. The summed E-state index contributed by atoms with van der Waals surface area (Å²) in [6.45, 7) is 1.86. The van der Waals surface area contributed by atoms with Crippen LogP contribution in [0.4, 0.5) is 0 Å². The fourth-order valence-corrected chi connectivity index (χ4v) is 2.91. The van der Waals surface area contributed by atoms with E-state index in [0.29, 0.717) is 12.6 Å². The second-order valence-corrected chi connectivity index (χ2v) is 5.96. The van der Waals surface area contributed by atoms with E-state index < -0.39 is 0 Å². The summed E-state index contributed by atoms with van der Waals surface area (Å²) < 4.78 is 1.13. The summed E-state index contributed by atoms with van der Waals surface area (Å²) in [7, 11) is 2.19. The van der Waals surface area contributed by atoms with Crippen LogP contribution in [0.3, 0.4) is 0 Å². The Morgan fingerprint density at radius 1 is 1.47 bits per heavy atom. The lowest BCUT2D eigenvalue weighted by Crippen LogP contribution is -2.36. The van der Waals surface area contributed by atoms with Crippen LogP contribution in [0.15, 0.2) is 28.7 Å². The van der Waals surface area contributed by atoms with Gasteiger partial charge in [-0.1, -0.05) is 34.5 Å². The molecule has 0 bridgehead atoms. The Morgan fingerprint density at radius 2 is 2.24 bits per heavy atom. The van der Waals surface area contributed by atoms with Crippen LogP contribution in [-0.2, 0) is 0 Å². The Morgan fingerprint density at radius 3 is 2.76 bits per heavy atom. The summed E-state index contributed by atoms with van der Waals surface area (Å²) in [5.74, 6) is 0.890. The van der Waals surface area contributed by atoms with Gasteiger partial charge in [0.2, 0.25) is 0 Å². The summed E-state index contributed by atoms with van der Waals surface area (Å²) in [4.78, 5) is 2.41. The summed E-state index contributed by atoms with van der Waals surface area (Å²) in [5.41, 5.74) is 7.24. The van der Waals surface area contributed by atoms with Gasteiger partial charge in [-0.05, 0) is 43.5 Å². The molecule has 0 aromatic heterocycles. The lowest BCUT2D eigenvalue weighted by atomic mass is 9.85. The first kappa shape index (κ1) is 13.1. The second-order valence-electron chi connectivity index (χ2n) is 5.04. The summed E-state index contributed by atoms with van der Waals surface area (Å²) in [5, 5.41) is 0. The minimum absolute atomic E-state index is 0.341. The smallest absolute Gasteiger partial charge is 0.0467 e. The van der Waals surface area contributed by atoms with Crippen LogP contribution in [0.25, 0.3) is 0 Å². The number of hydrogen-bond acceptors (Lipinski definition) is 2. The van der Waals surface area contributed by atoms with Crippen molar-refractivity contribution in [3.8, 4) is 0 Å². The highest BCUT2D eigenvalue weighted by molar-refractivity contribution is 9.10. The molecule has 0 radical (unpaired) electrons. The topological polar surface area (TPSA) is 29.3 Å². The van der Waals surface area contributed by atoms with Gasteiger partial charge >= 0.3 is 0 Å². The molecule has 0 spiro atoms. The van der Waals surface area contributed by atoms with Crippen LogP contribution in [-0.4, -0.2) is 25.0 Å². The Kier molecular flexibility index (Phi) is 4.60. The normalized spacial score (nSPS) is 18.1. The average molecular weight is 297 g/mol. The summed E-state index contributed by atoms with van der Waals surface area (Å²) in [6, 6.07) is 8.82. The van der Waals surface area contributed by atoms with Crippen LogP contribution < -0.4 is 5.73 Å². The molecule has 2 rings (SSSR count). The maximum atomic E-state index is 5.93. The van der Waals surface area contributed by atoms with Crippen molar-refractivity contribution in [1.82, 2.24) is 4.90 Å². The summed E-state index contributed by atoms with van der Waals surface area (Å²) >= 11 is 3.53. The van der Waals surface area contributed by atoms with E-state index in [9.17, 15) is 0 Å². The van der Waals surface area contributed by atoms with Crippen molar-refractivity contribution in [2.75, 3.05) is 20.1 Å². The van der Waals surface area contributed by atoms with Crippen molar-refractivity contribution in [2.45, 2.75) is 25.3 Å². The molecule has 94 valence electrons. The van der Waals surface area contributed by atoms with Gasteiger partial charge in [-0.15, -0.1) is 0 Å². The van der Waals surface area contributed by atoms with Gasteiger partial charge in [0.05, 0.1) is 0 Å². The number of benzene rings is 1. The van der Waals surface area contributed by atoms with Gasteiger partial charge in [0.25, 0.3) is 0 Å². The molecule has 0 amide bonds. The third-order valence-electron chi connectivity index (χ3n) is 3.76. The lowest BCUT2D eigenvalue weighted by Gasteiger charge is -2.34. The highest BCUT2D eigenvalue weighted by Gasteiger charge is 2.23. The van der Waals surface area contributed by atoms with Gasteiger partial charge in [-0.25, -0.2) is 0 Å². The van der Waals surface area contributed by atoms with Gasteiger partial charge in [0.15, 0.2) is 0 Å². The van der Waals surface area contributed by atoms with Gasteiger partial charge in [-0.3, -0.25) is 4.90 Å². The molecule has 0 saturated heterocycles. The molecule has 0 aliphatic heterocycles. The van der Waals surface area contributed by atoms with Gasteiger partial charge in [-0.2, -0.15) is 0 Å². The second kappa shape index (κ2) is 5.98. The minimum Gasteiger partial charge on any atom is -0.329 e. The van der Waals surface area contributed by atoms with E-state index in [1.165, 1.54) is 31.4 Å². The van der Waals surface area contributed by atoms with Gasteiger partial charge in [0, 0.05) is 23.6 Å². The largest absolute Gasteiger partial charge is 0.329 e. The molecule has 1 aromatic carbocycles. The molecule has 1 atom stereocenters. The molecule has 17 heavy (non-hydrogen) atoms. The Bertz CT molecular complexity index is 363. The molecule has 3 heteroatoms. The molecule has 1 fully saturated rings.